The van der Waals surface area contributed by atoms with E-state index in [1.54, 1.807) is 6.33 Å². The normalized spacial score (nSPS) is 13.4. The van der Waals surface area contributed by atoms with E-state index >= 15 is 0 Å². The van der Waals surface area contributed by atoms with Gasteiger partial charge in [-0.05, 0) is 11.5 Å². The molecule has 1 aliphatic heterocycles. The molecule has 0 saturated carbocycles. The number of hydrogen-bond acceptors (Lipinski definition) is 3. The maximum atomic E-state index is 4.46. The highest BCUT2D eigenvalue weighted by Crippen LogP contribution is 2.41. The number of para-hydroxylation sites is 1. The summed E-state index contributed by atoms with van der Waals surface area (Å²) >= 11 is 0. The van der Waals surface area contributed by atoms with Crippen LogP contribution in [-0.2, 0) is 6.54 Å². The van der Waals surface area contributed by atoms with E-state index in [1.807, 2.05) is 6.20 Å². The van der Waals surface area contributed by atoms with Gasteiger partial charge in [0.1, 0.15) is 6.33 Å². The minimum Gasteiger partial charge on any atom is -0.369 e. The molecule has 18 heavy (non-hydrogen) atoms. The van der Waals surface area contributed by atoms with Crippen LogP contribution in [0.3, 0.4) is 0 Å². The van der Waals surface area contributed by atoms with Gasteiger partial charge < -0.3 is 4.90 Å². The van der Waals surface area contributed by atoms with Gasteiger partial charge in [-0.1, -0.05) is 32.0 Å². The lowest BCUT2D eigenvalue weighted by molar-refractivity contribution is 0.825. The Bertz CT molecular complexity index is 590. The van der Waals surface area contributed by atoms with E-state index in [0.717, 1.165) is 12.2 Å². The average Bonchev–Trinajstić information content (AvgIpc) is 2.38. The van der Waals surface area contributed by atoms with Crippen molar-refractivity contribution in [2.75, 3.05) is 11.9 Å². The van der Waals surface area contributed by atoms with Gasteiger partial charge in [0.25, 0.3) is 0 Å². The molecule has 0 atom stereocenters. The Labute approximate surface area is 108 Å². The van der Waals surface area contributed by atoms with Gasteiger partial charge in [-0.2, -0.15) is 0 Å². The van der Waals surface area contributed by atoms with Crippen LogP contribution in [0.15, 0.2) is 30.7 Å². The summed E-state index contributed by atoms with van der Waals surface area (Å²) in [5, 5.41) is 0. The molecule has 0 unspecified atom stereocenters. The van der Waals surface area contributed by atoms with Crippen molar-refractivity contribution in [2.24, 2.45) is 0 Å². The zero-order valence-electron chi connectivity index (χ0n) is 11.0. The highest BCUT2D eigenvalue weighted by atomic mass is 15.1. The number of aromatic nitrogens is 2. The van der Waals surface area contributed by atoms with E-state index in [1.165, 1.54) is 22.4 Å². The van der Waals surface area contributed by atoms with Crippen LogP contribution in [0.5, 0.6) is 0 Å². The molecule has 0 fully saturated rings. The molecule has 0 amide bonds. The molecule has 0 saturated heterocycles. The summed E-state index contributed by atoms with van der Waals surface area (Å²) in [5.41, 5.74) is 6.22. The zero-order chi connectivity index (χ0) is 12.7. The molecule has 1 aromatic heterocycles. The van der Waals surface area contributed by atoms with Crippen molar-refractivity contribution in [3.63, 3.8) is 0 Å². The van der Waals surface area contributed by atoms with Gasteiger partial charge in [-0.15, -0.1) is 0 Å². The van der Waals surface area contributed by atoms with Crippen LogP contribution in [0, 0.1) is 0 Å². The Morgan fingerprint density at radius 1 is 1.28 bits per heavy atom. The summed E-state index contributed by atoms with van der Waals surface area (Å²) in [6, 6.07) is 6.49. The van der Waals surface area contributed by atoms with Gasteiger partial charge in [0, 0.05) is 36.6 Å². The molecule has 0 bridgehead atoms. The van der Waals surface area contributed by atoms with Crippen LogP contribution in [0.25, 0.3) is 11.3 Å². The number of anilines is 1. The first kappa shape index (κ1) is 11.2. The Hall–Kier alpha value is -1.90. The fourth-order valence-corrected chi connectivity index (χ4v) is 2.70. The summed E-state index contributed by atoms with van der Waals surface area (Å²) in [5.74, 6) is 0.519. The van der Waals surface area contributed by atoms with Crippen LogP contribution < -0.4 is 4.90 Å². The second-order valence-electron chi connectivity index (χ2n) is 5.15. The molecule has 2 heterocycles. The molecule has 0 N–H and O–H groups in total. The summed E-state index contributed by atoms with van der Waals surface area (Å²) in [4.78, 5) is 10.9. The van der Waals surface area contributed by atoms with Gasteiger partial charge in [-0.25, -0.2) is 9.97 Å². The van der Waals surface area contributed by atoms with Crippen molar-refractivity contribution < 1.29 is 0 Å². The van der Waals surface area contributed by atoms with Crippen LogP contribution >= 0.6 is 0 Å². The zero-order valence-corrected chi connectivity index (χ0v) is 11.0. The van der Waals surface area contributed by atoms with Crippen molar-refractivity contribution >= 4 is 5.69 Å². The van der Waals surface area contributed by atoms with Crippen LogP contribution in [-0.4, -0.2) is 17.0 Å². The first-order valence-corrected chi connectivity index (χ1v) is 6.31. The van der Waals surface area contributed by atoms with Crippen molar-refractivity contribution in [1.29, 1.82) is 0 Å². The minimum absolute atomic E-state index is 0.519. The van der Waals surface area contributed by atoms with Crippen molar-refractivity contribution in [1.82, 2.24) is 9.97 Å². The standard InChI is InChI=1S/C15H17N3/c1-10(2)12-5-4-6-13-14-11(7-16-9-17-14)8-18(3)15(12)13/h4-7,9-10H,8H2,1-3H3. The van der Waals surface area contributed by atoms with Crippen LogP contribution in [0.4, 0.5) is 5.69 Å². The number of fused-ring (bicyclic) bond motifs is 3. The van der Waals surface area contributed by atoms with E-state index in [2.05, 4.69) is 54.0 Å². The molecule has 0 radical (unpaired) electrons. The van der Waals surface area contributed by atoms with E-state index < -0.39 is 0 Å². The smallest absolute Gasteiger partial charge is 0.116 e. The largest absolute Gasteiger partial charge is 0.369 e. The Morgan fingerprint density at radius 2 is 2.11 bits per heavy atom. The summed E-state index contributed by atoms with van der Waals surface area (Å²) in [7, 11) is 2.14. The SMILES string of the molecule is CC(C)c1cccc2c1N(C)Cc1cncnc1-2. The molecular weight excluding hydrogens is 222 g/mol. The van der Waals surface area contributed by atoms with E-state index in [0.29, 0.717) is 5.92 Å². The molecule has 1 aromatic carbocycles. The fourth-order valence-electron chi connectivity index (χ4n) is 2.70. The highest BCUT2D eigenvalue weighted by molar-refractivity contribution is 5.83. The van der Waals surface area contributed by atoms with Crippen molar-refractivity contribution in [3.8, 4) is 11.3 Å². The molecule has 92 valence electrons. The highest BCUT2D eigenvalue weighted by Gasteiger charge is 2.23. The van der Waals surface area contributed by atoms with E-state index in [9.17, 15) is 0 Å². The third-order valence-electron chi connectivity index (χ3n) is 3.52. The van der Waals surface area contributed by atoms with Crippen molar-refractivity contribution in [2.45, 2.75) is 26.3 Å². The lowest BCUT2D eigenvalue weighted by Gasteiger charge is -2.31. The second kappa shape index (κ2) is 4.09. The minimum atomic E-state index is 0.519. The molecule has 2 aromatic rings. The average molecular weight is 239 g/mol. The molecule has 3 rings (SSSR count). The first-order chi connectivity index (χ1) is 8.68. The maximum absolute atomic E-state index is 4.46. The molecule has 0 aliphatic carbocycles. The predicted molar refractivity (Wildman–Crippen MR) is 73.7 cm³/mol. The molecule has 0 spiro atoms. The summed E-state index contributed by atoms with van der Waals surface area (Å²) < 4.78 is 0. The monoisotopic (exact) mass is 239 g/mol. The number of nitrogens with zero attached hydrogens (tertiary/aromatic N) is 3. The molecule has 1 aliphatic rings. The fraction of sp³-hybridized carbons (Fsp3) is 0.333. The number of rotatable bonds is 1. The van der Waals surface area contributed by atoms with Crippen LogP contribution in [0.1, 0.15) is 30.9 Å². The van der Waals surface area contributed by atoms with E-state index in [4.69, 9.17) is 0 Å². The Balaban J connectivity index is 2.29. The van der Waals surface area contributed by atoms with E-state index in [-0.39, 0.29) is 0 Å². The quantitative estimate of drug-likeness (QED) is 0.765. The van der Waals surface area contributed by atoms with Crippen LogP contribution in [0.2, 0.25) is 0 Å². The van der Waals surface area contributed by atoms with Gasteiger partial charge in [-0.3, -0.25) is 0 Å². The van der Waals surface area contributed by atoms with Crippen molar-refractivity contribution in [3.05, 3.63) is 41.9 Å². The lowest BCUT2D eigenvalue weighted by Crippen LogP contribution is -2.24. The molecule has 3 heteroatoms. The summed E-state index contributed by atoms with van der Waals surface area (Å²) in [6.07, 6.45) is 3.56. The van der Waals surface area contributed by atoms with Gasteiger partial charge in [0.05, 0.1) is 5.69 Å². The molecule has 3 nitrogen and oxygen atoms in total. The van der Waals surface area contributed by atoms with Gasteiger partial charge >= 0.3 is 0 Å². The number of hydrogen-bond donors (Lipinski definition) is 0. The summed E-state index contributed by atoms with van der Waals surface area (Å²) in [6.45, 7) is 5.35. The Morgan fingerprint density at radius 3 is 2.89 bits per heavy atom. The third kappa shape index (κ3) is 1.58. The number of benzene rings is 1. The van der Waals surface area contributed by atoms with Gasteiger partial charge in [0.2, 0.25) is 0 Å². The Kier molecular flexibility index (Phi) is 2.54. The first-order valence-electron chi connectivity index (χ1n) is 6.31. The third-order valence-corrected chi connectivity index (χ3v) is 3.52. The lowest BCUT2D eigenvalue weighted by atomic mass is 9.92. The second-order valence-corrected chi connectivity index (χ2v) is 5.15. The van der Waals surface area contributed by atoms with Gasteiger partial charge in [0.15, 0.2) is 0 Å². The maximum Gasteiger partial charge on any atom is 0.116 e. The molecular formula is C15H17N3. The topological polar surface area (TPSA) is 29.0 Å². The predicted octanol–water partition coefficient (Wildman–Crippen LogP) is 3.22.